The van der Waals surface area contributed by atoms with Gasteiger partial charge >= 0.3 is 0 Å². The highest BCUT2D eigenvalue weighted by molar-refractivity contribution is 5.08. The number of aromatic nitrogens is 1. The summed E-state index contributed by atoms with van der Waals surface area (Å²) < 4.78 is 0. The lowest BCUT2D eigenvalue weighted by molar-refractivity contribution is 0.151. The summed E-state index contributed by atoms with van der Waals surface area (Å²) >= 11 is 0. The molecule has 1 aliphatic carbocycles. The van der Waals surface area contributed by atoms with E-state index in [1.54, 1.807) is 0 Å². The lowest BCUT2D eigenvalue weighted by Gasteiger charge is -2.41. The van der Waals surface area contributed by atoms with Crippen LogP contribution < -0.4 is 5.32 Å². The Kier molecular flexibility index (Phi) is 4.69. The molecule has 110 valence electrons. The maximum atomic E-state index is 4.20. The summed E-state index contributed by atoms with van der Waals surface area (Å²) in [5.41, 5.74) is 1.31. The highest BCUT2D eigenvalue weighted by Gasteiger charge is 2.31. The third kappa shape index (κ3) is 3.58. The van der Waals surface area contributed by atoms with Crippen molar-refractivity contribution in [3.63, 3.8) is 0 Å². The Hall–Kier alpha value is -0.930. The van der Waals surface area contributed by atoms with Crippen molar-refractivity contribution < 1.29 is 0 Å². The van der Waals surface area contributed by atoms with Gasteiger partial charge in [-0.2, -0.15) is 0 Å². The molecule has 0 amide bonds. The van der Waals surface area contributed by atoms with E-state index >= 15 is 0 Å². The standard InChI is InChI=1S/C17H27N3/c1-20(12-14-5-4-10-18-11-14)13-16-9-8-15-6-2-3-7-17(15)19-16/h4-5,10-11,15-17,19H,2-3,6-9,12-13H2,1H3. The molecule has 0 aromatic carbocycles. The quantitative estimate of drug-likeness (QED) is 0.914. The van der Waals surface area contributed by atoms with E-state index in [0.29, 0.717) is 6.04 Å². The van der Waals surface area contributed by atoms with Crippen LogP contribution >= 0.6 is 0 Å². The summed E-state index contributed by atoms with van der Waals surface area (Å²) in [5, 5.41) is 3.91. The molecular formula is C17H27N3. The Morgan fingerprint density at radius 3 is 3.00 bits per heavy atom. The van der Waals surface area contributed by atoms with Gasteiger partial charge in [0.15, 0.2) is 0 Å². The number of nitrogens with zero attached hydrogens (tertiary/aromatic N) is 2. The Labute approximate surface area is 122 Å². The monoisotopic (exact) mass is 273 g/mol. The molecule has 0 radical (unpaired) electrons. The molecule has 2 fully saturated rings. The molecule has 1 N–H and O–H groups in total. The van der Waals surface area contributed by atoms with Gasteiger partial charge in [-0.1, -0.05) is 18.9 Å². The van der Waals surface area contributed by atoms with Gasteiger partial charge in [0, 0.05) is 37.6 Å². The summed E-state index contributed by atoms with van der Waals surface area (Å²) in [4.78, 5) is 6.62. The minimum atomic E-state index is 0.677. The van der Waals surface area contributed by atoms with E-state index in [9.17, 15) is 0 Å². The van der Waals surface area contributed by atoms with Gasteiger partial charge in [0.2, 0.25) is 0 Å². The van der Waals surface area contributed by atoms with Crippen molar-refractivity contribution in [2.45, 2.75) is 57.2 Å². The molecule has 3 heteroatoms. The number of piperidine rings is 1. The van der Waals surface area contributed by atoms with Crippen LogP contribution in [0.5, 0.6) is 0 Å². The largest absolute Gasteiger partial charge is 0.310 e. The Morgan fingerprint density at radius 1 is 1.25 bits per heavy atom. The molecule has 1 aromatic rings. The third-order valence-corrected chi connectivity index (χ3v) is 4.95. The van der Waals surface area contributed by atoms with Gasteiger partial charge in [0.05, 0.1) is 0 Å². The fourth-order valence-electron chi connectivity index (χ4n) is 3.96. The van der Waals surface area contributed by atoms with Gasteiger partial charge in [-0.25, -0.2) is 0 Å². The molecule has 2 heterocycles. The average Bonchev–Trinajstić information content (AvgIpc) is 2.48. The second-order valence-electron chi connectivity index (χ2n) is 6.65. The van der Waals surface area contributed by atoms with Crippen molar-refractivity contribution in [1.29, 1.82) is 0 Å². The second kappa shape index (κ2) is 6.68. The number of fused-ring (bicyclic) bond motifs is 1. The smallest absolute Gasteiger partial charge is 0.0312 e. The number of pyridine rings is 1. The zero-order chi connectivity index (χ0) is 13.8. The molecule has 1 aromatic heterocycles. The molecule has 3 nitrogen and oxygen atoms in total. The van der Waals surface area contributed by atoms with Crippen LogP contribution in [0.2, 0.25) is 0 Å². The average molecular weight is 273 g/mol. The molecule has 1 saturated carbocycles. The fraction of sp³-hybridized carbons (Fsp3) is 0.706. The third-order valence-electron chi connectivity index (χ3n) is 4.95. The molecule has 2 aliphatic rings. The topological polar surface area (TPSA) is 28.2 Å². The Balaban J connectivity index is 1.48. The van der Waals surface area contributed by atoms with Crippen LogP contribution in [0.1, 0.15) is 44.1 Å². The van der Waals surface area contributed by atoms with Gasteiger partial charge in [-0.3, -0.25) is 4.98 Å². The lowest BCUT2D eigenvalue weighted by Crippen LogP contribution is -2.52. The van der Waals surface area contributed by atoms with Crippen LogP contribution in [-0.4, -0.2) is 35.6 Å². The van der Waals surface area contributed by atoms with E-state index in [1.807, 2.05) is 18.5 Å². The molecular weight excluding hydrogens is 246 g/mol. The molecule has 3 unspecified atom stereocenters. The number of likely N-dealkylation sites (N-methyl/N-ethyl adjacent to an activating group) is 1. The zero-order valence-electron chi connectivity index (χ0n) is 12.6. The van der Waals surface area contributed by atoms with Crippen molar-refractivity contribution in [1.82, 2.24) is 15.2 Å². The number of nitrogens with one attached hydrogen (secondary N) is 1. The van der Waals surface area contributed by atoms with Gasteiger partial charge in [0.25, 0.3) is 0 Å². The summed E-state index contributed by atoms with van der Waals surface area (Å²) in [6.07, 6.45) is 12.3. The Morgan fingerprint density at radius 2 is 2.15 bits per heavy atom. The summed E-state index contributed by atoms with van der Waals surface area (Å²) in [6.45, 7) is 2.15. The van der Waals surface area contributed by atoms with E-state index in [1.165, 1.54) is 44.1 Å². The van der Waals surface area contributed by atoms with Crippen LogP contribution in [-0.2, 0) is 6.54 Å². The molecule has 1 saturated heterocycles. The minimum Gasteiger partial charge on any atom is -0.310 e. The highest BCUT2D eigenvalue weighted by Crippen LogP contribution is 2.32. The van der Waals surface area contributed by atoms with E-state index in [2.05, 4.69) is 28.3 Å². The molecule has 0 spiro atoms. The molecule has 3 rings (SSSR count). The van der Waals surface area contributed by atoms with Crippen LogP contribution in [0.15, 0.2) is 24.5 Å². The minimum absolute atomic E-state index is 0.677. The maximum absolute atomic E-state index is 4.20. The fourth-order valence-corrected chi connectivity index (χ4v) is 3.96. The molecule has 20 heavy (non-hydrogen) atoms. The number of rotatable bonds is 4. The first-order chi connectivity index (χ1) is 9.81. The van der Waals surface area contributed by atoms with Crippen molar-refractivity contribution in [3.8, 4) is 0 Å². The highest BCUT2D eigenvalue weighted by atomic mass is 15.1. The van der Waals surface area contributed by atoms with Gasteiger partial charge in [-0.05, 0) is 50.3 Å². The number of hydrogen-bond acceptors (Lipinski definition) is 3. The van der Waals surface area contributed by atoms with Gasteiger partial charge in [-0.15, -0.1) is 0 Å². The van der Waals surface area contributed by atoms with Gasteiger partial charge < -0.3 is 10.2 Å². The normalized spacial score (nSPS) is 30.2. The predicted octanol–water partition coefficient (Wildman–Crippen LogP) is 2.82. The van der Waals surface area contributed by atoms with Crippen LogP contribution in [0.3, 0.4) is 0 Å². The van der Waals surface area contributed by atoms with Crippen LogP contribution in [0.4, 0.5) is 0 Å². The zero-order valence-corrected chi connectivity index (χ0v) is 12.6. The summed E-state index contributed by atoms with van der Waals surface area (Å²) in [6, 6.07) is 5.66. The van der Waals surface area contributed by atoms with Crippen molar-refractivity contribution in [2.75, 3.05) is 13.6 Å². The van der Waals surface area contributed by atoms with E-state index in [4.69, 9.17) is 0 Å². The summed E-state index contributed by atoms with van der Waals surface area (Å²) in [7, 11) is 2.22. The number of hydrogen-bond donors (Lipinski definition) is 1. The van der Waals surface area contributed by atoms with Crippen molar-refractivity contribution in [2.24, 2.45) is 5.92 Å². The summed E-state index contributed by atoms with van der Waals surface area (Å²) in [5.74, 6) is 0.962. The van der Waals surface area contributed by atoms with E-state index < -0.39 is 0 Å². The molecule has 3 atom stereocenters. The van der Waals surface area contributed by atoms with E-state index in [-0.39, 0.29) is 0 Å². The molecule has 1 aliphatic heterocycles. The SMILES string of the molecule is CN(Cc1cccnc1)CC1CCC2CCCCC2N1. The lowest BCUT2D eigenvalue weighted by atomic mass is 9.78. The Bertz CT molecular complexity index is 406. The van der Waals surface area contributed by atoms with Crippen molar-refractivity contribution in [3.05, 3.63) is 30.1 Å². The first-order valence-corrected chi connectivity index (χ1v) is 8.15. The van der Waals surface area contributed by atoms with Gasteiger partial charge in [0.1, 0.15) is 0 Å². The first-order valence-electron chi connectivity index (χ1n) is 8.15. The predicted molar refractivity (Wildman–Crippen MR) is 82.5 cm³/mol. The van der Waals surface area contributed by atoms with Crippen LogP contribution in [0, 0.1) is 5.92 Å². The van der Waals surface area contributed by atoms with E-state index in [0.717, 1.165) is 25.0 Å². The van der Waals surface area contributed by atoms with Crippen molar-refractivity contribution >= 4 is 0 Å². The second-order valence-corrected chi connectivity index (χ2v) is 6.65. The van der Waals surface area contributed by atoms with Crippen LogP contribution in [0.25, 0.3) is 0 Å². The maximum Gasteiger partial charge on any atom is 0.0312 e. The first kappa shape index (κ1) is 14.0. The molecule has 0 bridgehead atoms.